The van der Waals surface area contributed by atoms with Crippen molar-refractivity contribution in [2.24, 2.45) is 11.8 Å². The van der Waals surface area contributed by atoms with Gasteiger partial charge in [-0.15, -0.1) is 0 Å². The molecule has 2 saturated carbocycles. The molecule has 0 spiro atoms. The van der Waals surface area contributed by atoms with E-state index in [0.29, 0.717) is 6.61 Å². The van der Waals surface area contributed by atoms with Crippen LogP contribution in [0.1, 0.15) is 71.1 Å². The van der Waals surface area contributed by atoms with Crippen molar-refractivity contribution in [3.8, 4) is 0 Å². The highest BCUT2D eigenvalue weighted by Gasteiger charge is 2.33. The van der Waals surface area contributed by atoms with Crippen LogP contribution in [0.15, 0.2) is 0 Å². The molecule has 0 aromatic rings. The molecule has 2 rings (SSSR count). The number of rotatable bonds is 5. The van der Waals surface area contributed by atoms with Gasteiger partial charge in [0.15, 0.2) is 0 Å². The molecule has 0 aromatic heterocycles. The van der Waals surface area contributed by atoms with Crippen molar-refractivity contribution in [3.63, 3.8) is 0 Å². The van der Waals surface area contributed by atoms with Gasteiger partial charge < -0.3 is 10.4 Å². The van der Waals surface area contributed by atoms with Gasteiger partial charge in [-0.1, -0.05) is 51.9 Å². The molecule has 2 aliphatic rings. The molecule has 0 bridgehead atoms. The predicted octanol–water partition coefficient (Wildman–Crippen LogP) is 3.49. The van der Waals surface area contributed by atoms with E-state index in [-0.39, 0.29) is 5.54 Å². The summed E-state index contributed by atoms with van der Waals surface area (Å²) in [5.74, 6) is 1.72. The number of aliphatic hydroxyl groups excluding tert-OH is 1. The number of hydrogen-bond acceptors (Lipinski definition) is 2. The van der Waals surface area contributed by atoms with Gasteiger partial charge >= 0.3 is 0 Å². The Kier molecular flexibility index (Phi) is 5.50. The van der Waals surface area contributed by atoms with Gasteiger partial charge in [0.1, 0.15) is 0 Å². The molecule has 0 aromatic carbocycles. The van der Waals surface area contributed by atoms with Crippen LogP contribution in [0.3, 0.4) is 0 Å². The molecule has 2 nitrogen and oxygen atoms in total. The molecule has 2 aliphatic carbocycles. The lowest BCUT2D eigenvalue weighted by atomic mass is 9.76. The van der Waals surface area contributed by atoms with Crippen molar-refractivity contribution in [2.45, 2.75) is 76.7 Å². The number of nitrogens with one attached hydrogen (secondary N) is 1. The van der Waals surface area contributed by atoms with Gasteiger partial charge in [-0.3, -0.25) is 0 Å². The summed E-state index contributed by atoms with van der Waals surface area (Å²) in [5, 5.41) is 13.4. The highest BCUT2D eigenvalue weighted by atomic mass is 16.3. The SMILES string of the molecule is CC1CCCC(CO)(NCCC2CCCCC2)C1. The zero-order valence-corrected chi connectivity index (χ0v) is 12.1. The normalized spacial score (nSPS) is 34.7. The second kappa shape index (κ2) is 6.91. The second-order valence-corrected chi connectivity index (χ2v) is 6.86. The van der Waals surface area contributed by atoms with E-state index in [1.807, 2.05) is 0 Å². The summed E-state index contributed by atoms with van der Waals surface area (Å²) in [7, 11) is 0. The fourth-order valence-electron chi connectivity index (χ4n) is 4.04. The fraction of sp³-hybridized carbons (Fsp3) is 1.00. The van der Waals surface area contributed by atoms with Gasteiger partial charge in [-0.2, -0.15) is 0 Å². The van der Waals surface area contributed by atoms with E-state index < -0.39 is 0 Å². The maximum atomic E-state index is 9.73. The average molecular weight is 253 g/mol. The zero-order valence-electron chi connectivity index (χ0n) is 12.1. The van der Waals surface area contributed by atoms with Crippen LogP contribution in [-0.4, -0.2) is 23.8 Å². The van der Waals surface area contributed by atoms with Gasteiger partial charge in [0, 0.05) is 5.54 Å². The van der Waals surface area contributed by atoms with E-state index in [1.54, 1.807) is 0 Å². The lowest BCUT2D eigenvalue weighted by Crippen LogP contribution is -2.52. The molecule has 2 heteroatoms. The van der Waals surface area contributed by atoms with Gasteiger partial charge in [-0.05, 0) is 37.6 Å². The van der Waals surface area contributed by atoms with Crippen molar-refractivity contribution in [2.75, 3.05) is 13.2 Å². The van der Waals surface area contributed by atoms with Gasteiger partial charge in [0.05, 0.1) is 6.61 Å². The van der Waals surface area contributed by atoms with Crippen LogP contribution in [0.25, 0.3) is 0 Å². The first-order valence-electron chi connectivity index (χ1n) is 8.10. The van der Waals surface area contributed by atoms with Gasteiger partial charge in [0.25, 0.3) is 0 Å². The minimum Gasteiger partial charge on any atom is -0.394 e. The van der Waals surface area contributed by atoms with Crippen LogP contribution in [0.4, 0.5) is 0 Å². The van der Waals surface area contributed by atoms with Gasteiger partial charge in [-0.25, -0.2) is 0 Å². The van der Waals surface area contributed by atoms with E-state index >= 15 is 0 Å². The summed E-state index contributed by atoms with van der Waals surface area (Å²) in [6, 6.07) is 0. The highest BCUT2D eigenvalue weighted by molar-refractivity contribution is 4.92. The van der Waals surface area contributed by atoms with Crippen LogP contribution in [0.5, 0.6) is 0 Å². The zero-order chi connectivity index (χ0) is 12.8. The van der Waals surface area contributed by atoms with Crippen molar-refractivity contribution in [3.05, 3.63) is 0 Å². The first-order valence-corrected chi connectivity index (χ1v) is 8.10. The van der Waals surface area contributed by atoms with Crippen molar-refractivity contribution in [1.29, 1.82) is 0 Å². The molecule has 0 saturated heterocycles. The quantitative estimate of drug-likeness (QED) is 0.786. The van der Waals surface area contributed by atoms with Crippen LogP contribution in [0.2, 0.25) is 0 Å². The maximum absolute atomic E-state index is 9.73. The molecule has 2 unspecified atom stereocenters. The molecule has 2 N–H and O–H groups in total. The first kappa shape index (κ1) is 14.3. The van der Waals surface area contributed by atoms with E-state index in [4.69, 9.17) is 0 Å². The summed E-state index contributed by atoms with van der Waals surface area (Å²) >= 11 is 0. The Hall–Kier alpha value is -0.0800. The Bertz CT molecular complexity index is 237. The monoisotopic (exact) mass is 253 g/mol. The number of hydrogen-bond donors (Lipinski definition) is 2. The van der Waals surface area contributed by atoms with Crippen LogP contribution in [0, 0.1) is 11.8 Å². The third kappa shape index (κ3) is 3.96. The van der Waals surface area contributed by atoms with Crippen LogP contribution in [-0.2, 0) is 0 Å². The summed E-state index contributed by atoms with van der Waals surface area (Å²) < 4.78 is 0. The Morgan fingerprint density at radius 3 is 2.56 bits per heavy atom. The van der Waals surface area contributed by atoms with Crippen molar-refractivity contribution < 1.29 is 5.11 Å². The Labute approximate surface area is 113 Å². The Morgan fingerprint density at radius 1 is 1.11 bits per heavy atom. The molecule has 0 heterocycles. The molecule has 0 radical (unpaired) electrons. The van der Waals surface area contributed by atoms with Crippen molar-refractivity contribution >= 4 is 0 Å². The lowest BCUT2D eigenvalue weighted by molar-refractivity contribution is 0.0976. The first-order chi connectivity index (χ1) is 8.74. The molecular formula is C16H31NO. The summed E-state index contributed by atoms with van der Waals surface area (Å²) in [6.07, 6.45) is 13.4. The van der Waals surface area contributed by atoms with E-state index in [9.17, 15) is 5.11 Å². The Morgan fingerprint density at radius 2 is 1.89 bits per heavy atom. The van der Waals surface area contributed by atoms with Crippen molar-refractivity contribution in [1.82, 2.24) is 5.32 Å². The standard InChI is InChI=1S/C16H31NO/c1-14-6-5-10-16(12-14,13-18)17-11-9-15-7-3-2-4-8-15/h14-15,17-18H,2-13H2,1H3. The third-order valence-corrected chi connectivity index (χ3v) is 5.17. The minimum absolute atomic E-state index is 0.0479. The highest BCUT2D eigenvalue weighted by Crippen LogP contribution is 2.32. The van der Waals surface area contributed by atoms with E-state index in [2.05, 4.69) is 12.2 Å². The molecule has 2 atom stereocenters. The second-order valence-electron chi connectivity index (χ2n) is 6.86. The van der Waals surface area contributed by atoms with Crippen LogP contribution < -0.4 is 5.32 Å². The molecule has 2 fully saturated rings. The average Bonchev–Trinajstić information content (AvgIpc) is 2.40. The smallest absolute Gasteiger partial charge is 0.0613 e. The molecule has 0 aliphatic heterocycles. The van der Waals surface area contributed by atoms with Crippen LogP contribution >= 0.6 is 0 Å². The number of aliphatic hydroxyl groups is 1. The Balaban J connectivity index is 1.72. The molecule has 106 valence electrons. The third-order valence-electron chi connectivity index (χ3n) is 5.17. The lowest BCUT2D eigenvalue weighted by Gasteiger charge is -2.40. The molecule has 0 amide bonds. The molecular weight excluding hydrogens is 222 g/mol. The molecule has 18 heavy (non-hydrogen) atoms. The summed E-state index contributed by atoms with van der Waals surface area (Å²) in [4.78, 5) is 0. The van der Waals surface area contributed by atoms with E-state index in [1.165, 1.54) is 57.8 Å². The maximum Gasteiger partial charge on any atom is 0.0613 e. The summed E-state index contributed by atoms with van der Waals surface area (Å²) in [6.45, 7) is 3.76. The van der Waals surface area contributed by atoms with E-state index in [0.717, 1.165) is 24.8 Å². The topological polar surface area (TPSA) is 32.3 Å². The fourth-order valence-corrected chi connectivity index (χ4v) is 4.04. The largest absolute Gasteiger partial charge is 0.394 e. The predicted molar refractivity (Wildman–Crippen MR) is 76.6 cm³/mol. The van der Waals surface area contributed by atoms with Gasteiger partial charge in [0.2, 0.25) is 0 Å². The summed E-state index contributed by atoms with van der Waals surface area (Å²) in [5.41, 5.74) is 0.0479. The minimum atomic E-state index is 0.0479.